The molecule has 3 rings (SSSR count). The van der Waals surface area contributed by atoms with Crippen LogP contribution < -0.4 is 4.74 Å². The van der Waals surface area contributed by atoms with Crippen LogP contribution in [0.2, 0.25) is 5.28 Å². The number of aromatic nitrogens is 4. The molecule has 0 bridgehead atoms. The maximum absolute atomic E-state index is 10.7. The Kier molecular flexibility index (Phi) is 2.92. The number of non-ortho nitro benzene ring substituents is 1. The molecule has 0 amide bonds. The summed E-state index contributed by atoms with van der Waals surface area (Å²) in [6.07, 6.45) is 0. The van der Waals surface area contributed by atoms with Gasteiger partial charge in [-0.05, 0) is 23.7 Å². The van der Waals surface area contributed by atoms with E-state index in [0.717, 1.165) is 0 Å². The van der Waals surface area contributed by atoms with Crippen molar-refractivity contribution in [2.24, 2.45) is 0 Å². The molecule has 0 saturated carbocycles. The Bertz CT molecular complexity index is 804. The highest BCUT2D eigenvalue weighted by Gasteiger charge is 2.09. The number of fused-ring (bicyclic) bond motifs is 1. The van der Waals surface area contributed by atoms with Gasteiger partial charge in [0.15, 0.2) is 5.65 Å². The third kappa shape index (κ3) is 2.24. The van der Waals surface area contributed by atoms with Gasteiger partial charge in [-0.2, -0.15) is 4.52 Å². The number of hydrogen-bond donors (Lipinski definition) is 0. The number of rotatable bonds is 3. The van der Waals surface area contributed by atoms with Gasteiger partial charge in [0.25, 0.3) is 5.69 Å². The lowest BCUT2D eigenvalue weighted by molar-refractivity contribution is -0.384. The molecule has 20 heavy (non-hydrogen) atoms. The summed E-state index contributed by atoms with van der Waals surface area (Å²) in [5.41, 5.74) is 0.410. The summed E-state index contributed by atoms with van der Waals surface area (Å²) in [6.45, 7) is 0. The van der Waals surface area contributed by atoms with Crippen molar-refractivity contribution in [2.75, 3.05) is 0 Å². The molecule has 0 radical (unpaired) electrons. The SMILES string of the molecule is O=[N+]([O-])c1cccc(Oc2ccc3nnc(Cl)n3n2)c1. The van der Waals surface area contributed by atoms with E-state index < -0.39 is 4.92 Å². The molecular formula is C11H6ClN5O3. The Balaban J connectivity index is 1.94. The first-order valence-electron chi connectivity index (χ1n) is 5.44. The molecule has 0 spiro atoms. The summed E-state index contributed by atoms with van der Waals surface area (Å²) >= 11 is 5.80. The fraction of sp³-hybridized carbons (Fsp3) is 0. The topological polar surface area (TPSA) is 95.5 Å². The van der Waals surface area contributed by atoms with Gasteiger partial charge >= 0.3 is 0 Å². The lowest BCUT2D eigenvalue weighted by Crippen LogP contribution is -1.96. The predicted molar refractivity (Wildman–Crippen MR) is 69.0 cm³/mol. The minimum atomic E-state index is -0.500. The van der Waals surface area contributed by atoms with Crippen LogP contribution in [0.3, 0.4) is 0 Å². The summed E-state index contributed by atoms with van der Waals surface area (Å²) in [6, 6.07) is 8.99. The van der Waals surface area contributed by atoms with Gasteiger partial charge in [-0.3, -0.25) is 10.1 Å². The van der Waals surface area contributed by atoms with Crippen LogP contribution in [0.25, 0.3) is 5.65 Å². The molecule has 9 heteroatoms. The zero-order valence-corrected chi connectivity index (χ0v) is 10.6. The first kappa shape index (κ1) is 12.3. The normalized spacial score (nSPS) is 10.7. The molecule has 0 aliphatic carbocycles. The predicted octanol–water partition coefficient (Wildman–Crippen LogP) is 2.48. The second kappa shape index (κ2) is 4.74. The number of benzene rings is 1. The van der Waals surface area contributed by atoms with Crippen LogP contribution in [0.4, 0.5) is 5.69 Å². The monoisotopic (exact) mass is 291 g/mol. The van der Waals surface area contributed by atoms with Gasteiger partial charge in [0, 0.05) is 12.1 Å². The second-order valence-electron chi connectivity index (χ2n) is 3.77. The summed E-state index contributed by atoms with van der Waals surface area (Å²) in [7, 11) is 0. The quantitative estimate of drug-likeness (QED) is 0.543. The van der Waals surface area contributed by atoms with Crippen LogP contribution in [0.15, 0.2) is 36.4 Å². The molecular weight excluding hydrogens is 286 g/mol. The zero-order chi connectivity index (χ0) is 14.1. The lowest BCUT2D eigenvalue weighted by atomic mass is 10.3. The largest absolute Gasteiger partial charge is 0.437 e. The second-order valence-corrected chi connectivity index (χ2v) is 4.11. The Morgan fingerprint density at radius 2 is 2.10 bits per heavy atom. The number of nitro groups is 1. The van der Waals surface area contributed by atoms with Gasteiger partial charge in [-0.25, -0.2) is 0 Å². The Morgan fingerprint density at radius 3 is 2.90 bits per heavy atom. The lowest BCUT2D eigenvalue weighted by Gasteiger charge is -2.04. The molecule has 100 valence electrons. The number of nitro benzene ring substituents is 1. The molecule has 0 aliphatic rings. The smallest absolute Gasteiger partial charge is 0.273 e. The zero-order valence-electron chi connectivity index (χ0n) is 9.80. The Morgan fingerprint density at radius 1 is 1.25 bits per heavy atom. The van der Waals surface area contributed by atoms with Crippen molar-refractivity contribution in [2.45, 2.75) is 0 Å². The highest BCUT2D eigenvalue weighted by atomic mass is 35.5. The molecule has 0 aliphatic heterocycles. The van der Waals surface area contributed by atoms with Gasteiger partial charge in [0.2, 0.25) is 11.2 Å². The average molecular weight is 292 g/mol. The maximum Gasteiger partial charge on any atom is 0.273 e. The third-order valence-corrected chi connectivity index (χ3v) is 2.69. The van der Waals surface area contributed by atoms with Crippen molar-refractivity contribution in [1.82, 2.24) is 19.8 Å². The van der Waals surface area contributed by atoms with E-state index in [1.165, 1.54) is 22.7 Å². The van der Waals surface area contributed by atoms with Crippen LogP contribution in [0.5, 0.6) is 11.6 Å². The van der Waals surface area contributed by atoms with Gasteiger partial charge in [-0.1, -0.05) is 6.07 Å². The van der Waals surface area contributed by atoms with E-state index in [-0.39, 0.29) is 16.9 Å². The molecule has 0 unspecified atom stereocenters. The molecule has 0 saturated heterocycles. The van der Waals surface area contributed by atoms with Gasteiger partial charge in [0.1, 0.15) is 5.75 Å². The fourth-order valence-corrected chi connectivity index (χ4v) is 1.74. The Hall–Kier alpha value is -2.74. The van der Waals surface area contributed by atoms with Gasteiger partial charge in [0.05, 0.1) is 11.0 Å². The van der Waals surface area contributed by atoms with Crippen LogP contribution in [0, 0.1) is 10.1 Å². The Labute approximate surface area is 116 Å². The highest BCUT2D eigenvalue weighted by Crippen LogP contribution is 2.24. The van der Waals surface area contributed by atoms with E-state index >= 15 is 0 Å². The third-order valence-electron chi connectivity index (χ3n) is 2.45. The summed E-state index contributed by atoms with van der Waals surface area (Å²) in [4.78, 5) is 10.2. The summed E-state index contributed by atoms with van der Waals surface area (Å²) < 4.78 is 6.75. The van der Waals surface area contributed by atoms with E-state index in [1.807, 2.05) is 0 Å². The van der Waals surface area contributed by atoms with E-state index in [4.69, 9.17) is 16.3 Å². The van der Waals surface area contributed by atoms with Crippen molar-refractivity contribution >= 4 is 22.9 Å². The number of hydrogen-bond acceptors (Lipinski definition) is 6. The first-order valence-corrected chi connectivity index (χ1v) is 5.81. The maximum atomic E-state index is 10.7. The molecule has 0 fully saturated rings. The molecule has 3 aromatic rings. The van der Waals surface area contributed by atoms with Crippen molar-refractivity contribution < 1.29 is 9.66 Å². The molecule has 2 aromatic heterocycles. The minimum absolute atomic E-state index is 0.0640. The standard InChI is InChI=1S/C11H6ClN5O3/c12-11-14-13-9-4-5-10(15-16(9)11)20-8-3-1-2-7(6-8)17(18)19/h1-6H. The highest BCUT2D eigenvalue weighted by molar-refractivity contribution is 6.28. The van der Waals surface area contributed by atoms with Crippen LogP contribution in [-0.2, 0) is 0 Å². The molecule has 0 N–H and O–H groups in total. The number of halogens is 1. The summed E-state index contributed by atoms with van der Waals surface area (Å²) in [5, 5.41) is 22.3. The van der Waals surface area contributed by atoms with Gasteiger partial charge < -0.3 is 4.74 Å². The molecule has 8 nitrogen and oxygen atoms in total. The van der Waals surface area contributed by atoms with E-state index in [2.05, 4.69) is 15.3 Å². The minimum Gasteiger partial charge on any atom is -0.437 e. The van der Waals surface area contributed by atoms with Gasteiger partial charge in [-0.15, -0.1) is 15.3 Å². The molecule has 1 aromatic carbocycles. The van der Waals surface area contributed by atoms with Crippen molar-refractivity contribution in [1.29, 1.82) is 0 Å². The van der Waals surface area contributed by atoms with Crippen molar-refractivity contribution in [3.63, 3.8) is 0 Å². The van der Waals surface area contributed by atoms with Crippen molar-refractivity contribution in [3.05, 3.63) is 51.8 Å². The van der Waals surface area contributed by atoms with Crippen molar-refractivity contribution in [3.8, 4) is 11.6 Å². The van der Waals surface area contributed by atoms with Crippen LogP contribution in [-0.4, -0.2) is 24.7 Å². The molecule has 0 atom stereocenters. The van der Waals surface area contributed by atoms with Crippen LogP contribution >= 0.6 is 11.6 Å². The fourth-order valence-electron chi connectivity index (χ4n) is 1.58. The average Bonchev–Trinajstić information content (AvgIpc) is 2.81. The first-order chi connectivity index (χ1) is 9.63. The summed E-state index contributed by atoms with van der Waals surface area (Å²) in [5.74, 6) is 0.523. The van der Waals surface area contributed by atoms with Crippen LogP contribution in [0.1, 0.15) is 0 Å². The van der Waals surface area contributed by atoms with E-state index in [0.29, 0.717) is 11.4 Å². The molecule has 2 heterocycles. The number of ether oxygens (including phenoxy) is 1. The van der Waals surface area contributed by atoms with E-state index in [1.54, 1.807) is 18.2 Å². The van der Waals surface area contributed by atoms with E-state index in [9.17, 15) is 10.1 Å². The number of nitrogens with zero attached hydrogens (tertiary/aromatic N) is 5.